The van der Waals surface area contributed by atoms with Crippen molar-refractivity contribution in [3.63, 3.8) is 0 Å². The van der Waals surface area contributed by atoms with E-state index in [1.807, 2.05) is 50.2 Å². The molecule has 7 nitrogen and oxygen atoms in total. The van der Waals surface area contributed by atoms with Crippen molar-refractivity contribution in [3.8, 4) is 11.5 Å². The molecule has 0 bridgehead atoms. The first-order chi connectivity index (χ1) is 18.4. The van der Waals surface area contributed by atoms with Crippen LogP contribution in [0.4, 0.5) is 5.69 Å². The molecule has 0 fully saturated rings. The van der Waals surface area contributed by atoms with Crippen molar-refractivity contribution < 1.29 is 14.3 Å². The molecule has 1 aliphatic rings. The first-order valence-electron chi connectivity index (χ1n) is 11.8. The molecule has 3 aromatic carbocycles. The summed E-state index contributed by atoms with van der Waals surface area (Å²) >= 11 is 7.08. The second-order valence-corrected chi connectivity index (χ2v) is 10.0. The molecule has 0 saturated carbocycles. The number of halogens is 1. The fraction of sp³-hybridized carbons (Fsp3) is 0.103. The number of carbonyl (C=O) groups is 2. The molecule has 0 unspecified atom stereocenters. The van der Waals surface area contributed by atoms with Crippen LogP contribution in [-0.2, 0) is 16.1 Å². The average molecular weight is 543 g/mol. The van der Waals surface area contributed by atoms with Crippen molar-refractivity contribution in [3.05, 3.63) is 118 Å². The minimum absolute atomic E-state index is 0.113. The topological polar surface area (TPSA) is 84.4 Å². The number of aryl methyl sites for hydroxylation is 2. The summed E-state index contributed by atoms with van der Waals surface area (Å²) in [5.41, 5.74) is 3.15. The van der Waals surface area contributed by atoms with Crippen LogP contribution in [0.3, 0.4) is 0 Å². The van der Waals surface area contributed by atoms with Crippen molar-refractivity contribution in [1.82, 2.24) is 14.9 Å². The highest BCUT2D eigenvalue weighted by molar-refractivity contribution is 8.04. The lowest BCUT2D eigenvalue weighted by Gasteiger charge is -2.15. The largest absolute Gasteiger partial charge is 0.457 e. The van der Waals surface area contributed by atoms with E-state index in [0.29, 0.717) is 21.6 Å². The Bertz CT molecular complexity index is 1500. The van der Waals surface area contributed by atoms with E-state index in [2.05, 4.69) is 15.3 Å². The third kappa shape index (κ3) is 5.88. The molecule has 1 aliphatic heterocycles. The highest BCUT2D eigenvalue weighted by atomic mass is 35.5. The zero-order chi connectivity index (χ0) is 26.6. The summed E-state index contributed by atoms with van der Waals surface area (Å²) in [6.45, 7) is 3.83. The molecular formula is C29H23ClN4O3S. The standard InChI is InChI=1S/C29H23ClN4O3S/c1-18-16-19(2)32-29(31-18)38-26-25(27(35)34(28(26)36)17-20-8-10-21(30)11-9-20)33-22-12-14-24(15-13-22)37-23-6-4-3-5-7-23/h3-16,33H,17H2,1-2H3. The number of amides is 2. The minimum Gasteiger partial charge on any atom is -0.457 e. The summed E-state index contributed by atoms with van der Waals surface area (Å²) in [6.07, 6.45) is 0. The van der Waals surface area contributed by atoms with E-state index in [1.54, 1.807) is 48.5 Å². The number of hydrogen-bond acceptors (Lipinski definition) is 7. The molecule has 0 radical (unpaired) electrons. The van der Waals surface area contributed by atoms with Crippen molar-refractivity contribution in [2.45, 2.75) is 25.5 Å². The molecule has 1 N–H and O–H groups in total. The number of carbonyl (C=O) groups excluding carboxylic acids is 2. The summed E-state index contributed by atoms with van der Waals surface area (Å²) < 4.78 is 5.86. The Morgan fingerprint density at radius 1 is 0.842 bits per heavy atom. The lowest BCUT2D eigenvalue weighted by atomic mass is 10.2. The van der Waals surface area contributed by atoms with Crippen LogP contribution in [0.25, 0.3) is 0 Å². The normalized spacial score (nSPS) is 13.3. The maximum atomic E-state index is 13.5. The van der Waals surface area contributed by atoms with Crippen LogP contribution >= 0.6 is 23.4 Å². The Balaban J connectivity index is 1.42. The van der Waals surface area contributed by atoms with Gasteiger partial charge in [0.25, 0.3) is 11.8 Å². The summed E-state index contributed by atoms with van der Waals surface area (Å²) in [4.78, 5) is 37.4. The van der Waals surface area contributed by atoms with Gasteiger partial charge in [-0.15, -0.1) is 0 Å². The smallest absolute Gasteiger partial charge is 0.278 e. The first kappa shape index (κ1) is 25.5. The number of aromatic nitrogens is 2. The lowest BCUT2D eigenvalue weighted by Crippen LogP contribution is -2.31. The van der Waals surface area contributed by atoms with Crippen LogP contribution < -0.4 is 10.1 Å². The van der Waals surface area contributed by atoms with Gasteiger partial charge in [0, 0.05) is 22.1 Å². The molecule has 2 heterocycles. The second kappa shape index (κ2) is 11.1. The number of hydrogen-bond donors (Lipinski definition) is 1. The van der Waals surface area contributed by atoms with Crippen molar-refractivity contribution in [2.24, 2.45) is 0 Å². The summed E-state index contributed by atoms with van der Waals surface area (Å²) in [5.74, 6) is 0.523. The van der Waals surface area contributed by atoms with Gasteiger partial charge >= 0.3 is 0 Å². The van der Waals surface area contributed by atoms with Gasteiger partial charge in [-0.25, -0.2) is 9.97 Å². The molecular weight excluding hydrogens is 520 g/mol. The van der Waals surface area contributed by atoms with Crippen molar-refractivity contribution in [1.29, 1.82) is 0 Å². The fourth-order valence-corrected chi connectivity index (χ4v) is 5.01. The van der Waals surface area contributed by atoms with E-state index in [4.69, 9.17) is 16.3 Å². The SMILES string of the molecule is Cc1cc(C)nc(SC2=C(Nc3ccc(Oc4ccccc4)cc3)C(=O)N(Cc3ccc(Cl)cc3)C2=O)n1. The first-order valence-corrected chi connectivity index (χ1v) is 13.0. The van der Waals surface area contributed by atoms with Gasteiger partial charge in [-0.05, 0) is 85.8 Å². The minimum atomic E-state index is -0.429. The van der Waals surface area contributed by atoms with Gasteiger partial charge in [0.05, 0.1) is 6.54 Å². The van der Waals surface area contributed by atoms with E-state index >= 15 is 0 Å². The van der Waals surface area contributed by atoms with Crippen LogP contribution in [0, 0.1) is 13.8 Å². The highest BCUT2D eigenvalue weighted by Gasteiger charge is 2.39. The summed E-state index contributed by atoms with van der Waals surface area (Å²) in [6, 6.07) is 25.5. The Morgan fingerprint density at radius 2 is 1.47 bits per heavy atom. The fourth-order valence-electron chi connectivity index (χ4n) is 3.88. The van der Waals surface area contributed by atoms with Crippen LogP contribution in [0.15, 0.2) is 101 Å². The molecule has 4 aromatic rings. The van der Waals surface area contributed by atoms with E-state index in [1.165, 1.54) is 4.90 Å². The van der Waals surface area contributed by atoms with Crippen LogP contribution in [-0.4, -0.2) is 26.7 Å². The molecule has 0 atom stereocenters. The lowest BCUT2D eigenvalue weighted by molar-refractivity contribution is -0.137. The van der Waals surface area contributed by atoms with Crippen LogP contribution in [0.2, 0.25) is 5.02 Å². The van der Waals surface area contributed by atoms with Crippen LogP contribution in [0.1, 0.15) is 17.0 Å². The Labute approximate surface area is 229 Å². The molecule has 0 saturated heterocycles. The molecule has 38 heavy (non-hydrogen) atoms. The third-order valence-corrected chi connectivity index (χ3v) is 6.84. The molecule has 0 aliphatic carbocycles. The number of anilines is 1. The Hall–Kier alpha value is -4.14. The van der Waals surface area contributed by atoms with E-state index in [-0.39, 0.29) is 17.1 Å². The van der Waals surface area contributed by atoms with Gasteiger partial charge in [-0.2, -0.15) is 0 Å². The average Bonchev–Trinajstić information content (AvgIpc) is 3.10. The molecule has 9 heteroatoms. The van der Waals surface area contributed by atoms with Gasteiger partial charge in [-0.3, -0.25) is 14.5 Å². The Morgan fingerprint density at radius 3 is 2.13 bits per heavy atom. The molecule has 190 valence electrons. The molecule has 0 spiro atoms. The zero-order valence-corrected chi connectivity index (χ0v) is 22.2. The number of nitrogens with zero attached hydrogens (tertiary/aromatic N) is 3. The number of benzene rings is 3. The molecule has 2 amide bonds. The van der Waals surface area contributed by atoms with Gasteiger partial charge in [0.15, 0.2) is 5.16 Å². The summed E-state index contributed by atoms with van der Waals surface area (Å²) in [5, 5.41) is 4.13. The van der Waals surface area contributed by atoms with Gasteiger partial charge in [0.1, 0.15) is 22.1 Å². The number of thioether (sulfide) groups is 1. The maximum absolute atomic E-state index is 13.5. The van der Waals surface area contributed by atoms with Crippen molar-refractivity contribution >= 4 is 40.9 Å². The summed E-state index contributed by atoms with van der Waals surface area (Å²) in [7, 11) is 0. The van der Waals surface area contributed by atoms with E-state index in [0.717, 1.165) is 34.5 Å². The zero-order valence-electron chi connectivity index (χ0n) is 20.6. The number of para-hydroxylation sites is 1. The second-order valence-electron chi connectivity index (χ2n) is 8.63. The van der Waals surface area contributed by atoms with Crippen molar-refractivity contribution in [2.75, 3.05) is 5.32 Å². The predicted octanol–water partition coefficient (Wildman–Crippen LogP) is 6.52. The van der Waals surface area contributed by atoms with Gasteiger partial charge < -0.3 is 10.1 Å². The third-order valence-electron chi connectivity index (χ3n) is 5.64. The Kier molecular flexibility index (Phi) is 7.44. The van der Waals surface area contributed by atoms with E-state index < -0.39 is 11.8 Å². The highest BCUT2D eigenvalue weighted by Crippen LogP contribution is 2.35. The van der Waals surface area contributed by atoms with Crippen LogP contribution in [0.5, 0.6) is 11.5 Å². The van der Waals surface area contributed by atoms with E-state index in [9.17, 15) is 9.59 Å². The maximum Gasteiger partial charge on any atom is 0.278 e. The number of imide groups is 1. The quantitative estimate of drug-likeness (QED) is 0.200. The van der Waals surface area contributed by atoms with Gasteiger partial charge in [-0.1, -0.05) is 41.9 Å². The molecule has 1 aromatic heterocycles. The monoisotopic (exact) mass is 542 g/mol. The number of ether oxygens (including phenoxy) is 1. The number of nitrogens with one attached hydrogen (secondary N) is 1. The van der Waals surface area contributed by atoms with Gasteiger partial charge in [0.2, 0.25) is 0 Å². The predicted molar refractivity (Wildman–Crippen MR) is 148 cm³/mol. The molecule has 5 rings (SSSR count). The number of rotatable bonds is 8.